The van der Waals surface area contributed by atoms with Crippen LogP contribution < -0.4 is 4.72 Å². The van der Waals surface area contributed by atoms with E-state index in [2.05, 4.69) is 34.1 Å². The van der Waals surface area contributed by atoms with Gasteiger partial charge in [0, 0.05) is 0 Å². The zero-order valence-corrected chi connectivity index (χ0v) is 18.2. The van der Waals surface area contributed by atoms with E-state index in [0.717, 1.165) is 23.2 Å². The van der Waals surface area contributed by atoms with Crippen LogP contribution in [0.3, 0.4) is 0 Å². The molecule has 0 saturated heterocycles. The predicted octanol–water partition coefficient (Wildman–Crippen LogP) is 5.06. The average molecular weight is 420 g/mol. The summed E-state index contributed by atoms with van der Waals surface area (Å²) in [6.07, 6.45) is 0.868. The van der Waals surface area contributed by atoms with E-state index in [-0.39, 0.29) is 4.90 Å². The predicted molar refractivity (Wildman–Crippen MR) is 121 cm³/mol. The van der Waals surface area contributed by atoms with Crippen molar-refractivity contribution in [3.05, 3.63) is 89.2 Å². The lowest BCUT2D eigenvalue weighted by Crippen LogP contribution is -2.14. The Labute approximate surface area is 177 Å². The highest BCUT2D eigenvalue weighted by molar-refractivity contribution is 7.92. The number of benzene rings is 3. The van der Waals surface area contributed by atoms with Gasteiger partial charge in [0.15, 0.2) is 0 Å². The van der Waals surface area contributed by atoms with E-state index in [1.165, 1.54) is 10.8 Å². The second-order valence-corrected chi connectivity index (χ2v) is 9.13. The van der Waals surface area contributed by atoms with E-state index < -0.39 is 10.0 Å². The van der Waals surface area contributed by atoms with Gasteiger partial charge in [-0.05, 0) is 54.3 Å². The molecule has 0 unspecified atom stereocenters. The number of nitrogens with one attached hydrogen (secondary N) is 1. The molecule has 30 heavy (non-hydrogen) atoms. The molecule has 0 aliphatic heterocycles. The topological polar surface area (TPSA) is 64.0 Å². The van der Waals surface area contributed by atoms with Gasteiger partial charge >= 0.3 is 0 Å². The summed E-state index contributed by atoms with van der Waals surface area (Å²) in [5.74, 6) is 0. The molecule has 0 aliphatic carbocycles. The number of hydrogen-bond acceptors (Lipinski definition) is 3. The molecule has 0 bridgehead atoms. The van der Waals surface area contributed by atoms with Crippen molar-refractivity contribution in [3.8, 4) is 0 Å². The van der Waals surface area contributed by atoms with Crippen LogP contribution in [-0.4, -0.2) is 18.2 Å². The van der Waals surface area contributed by atoms with Crippen LogP contribution in [0.2, 0.25) is 0 Å². The minimum Gasteiger partial charge on any atom is -0.276 e. The van der Waals surface area contributed by atoms with Gasteiger partial charge < -0.3 is 0 Å². The first kappa shape index (κ1) is 20.2. The van der Waals surface area contributed by atoms with E-state index in [0.29, 0.717) is 17.9 Å². The smallest absolute Gasteiger partial charge is 0.262 e. The van der Waals surface area contributed by atoms with Crippen molar-refractivity contribution in [1.82, 2.24) is 9.78 Å². The van der Waals surface area contributed by atoms with Crippen molar-refractivity contribution in [1.29, 1.82) is 0 Å². The Kier molecular flexibility index (Phi) is 5.35. The maximum Gasteiger partial charge on any atom is 0.262 e. The summed E-state index contributed by atoms with van der Waals surface area (Å²) >= 11 is 0. The number of sulfonamides is 1. The Morgan fingerprint density at radius 1 is 0.933 bits per heavy atom. The van der Waals surface area contributed by atoms with Gasteiger partial charge in [-0.1, -0.05) is 61.5 Å². The zero-order valence-electron chi connectivity index (χ0n) is 17.4. The van der Waals surface area contributed by atoms with Gasteiger partial charge in [0.05, 0.1) is 28.5 Å². The summed E-state index contributed by atoms with van der Waals surface area (Å²) < 4.78 is 30.4. The molecule has 1 N–H and O–H groups in total. The van der Waals surface area contributed by atoms with Crippen molar-refractivity contribution in [2.24, 2.45) is 0 Å². The van der Waals surface area contributed by atoms with E-state index in [1.54, 1.807) is 12.1 Å². The van der Waals surface area contributed by atoms with Gasteiger partial charge in [-0.25, -0.2) is 8.42 Å². The number of nitrogens with zero attached hydrogens (tertiary/aromatic N) is 2. The Balaban J connectivity index is 1.65. The molecule has 1 heterocycles. The molecule has 1 aromatic heterocycles. The lowest BCUT2D eigenvalue weighted by Gasteiger charge is -2.11. The minimum atomic E-state index is -3.68. The molecule has 3 aromatic carbocycles. The van der Waals surface area contributed by atoms with Crippen molar-refractivity contribution in [2.75, 3.05) is 4.72 Å². The summed E-state index contributed by atoms with van der Waals surface area (Å²) in [5, 5.41) is 6.95. The van der Waals surface area contributed by atoms with Gasteiger partial charge in [0.1, 0.15) is 0 Å². The number of aryl methyl sites for hydroxylation is 2. The van der Waals surface area contributed by atoms with Gasteiger partial charge in [-0.3, -0.25) is 9.40 Å². The molecule has 4 aromatic rings. The molecule has 0 atom stereocenters. The van der Waals surface area contributed by atoms with E-state index >= 15 is 0 Å². The van der Waals surface area contributed by atoms with Crippen molar-refractivity contribution >= 4 is 26.5 Å². The van der Waals surface area contributed by atoms with Crippen LogP contribution in [0.5, 0.6) is 0 Å². The zero-order chi connectivity index (χ0) is 21.3. The highest BCUT2D eigenvalue weighted by Crippen LogP contribution is 2.26. The molecule has 5 nitrogen and oxygen atoms in total. The first-order chi connectivity index (χ1) is 14.4. The van der Waals surface area contributed by atoms with Crippen LogP contribution in [-0.2, 0) is 23.0 Å². The third-order valence-corrected chi connectivity index (χ3v) is 6.83. The van der Waals surface area contributed by atoms with Crippen LogP contribution in [0.25, 0.3) is 10.8 Å². The molecule has 0 fully saturated rings. The first-order valence-electron chi connectivity index (χ1n) is 10.0. The summed E-state index contributed by atoms with van der Waals surface area (Å²) in [6.45, 7) is 6.33. The first-order valence-corrected chi connectivity index (χ1v) is 11.5. The summed E-state index contributed by atoms with van der Waals surface area (Å²) in [6, 6.07) is 21.4. The maximum absolute atomic E-state index is 12.9. The third-order valence-electron chi connectivity index (χ3n) is 5.46. The molecule has 0 aliphatic rings. The third kappa shape index (κ3) is 3.83. The fourth-order valence-electron chi connectivity index (χ4n) is 3.69. The molecule has 0 amide bonds. The Morgan fingerprint density at radius 3 is 2.37 bits per heavy atom. The molecule has 0 spiro atoms. The minimum absolute atomic E-state index is 0.250. The molecule has 0 radical (unpaired) electrons. The second kappa shape index (κ2) is 7.95. The number of hydrogen-bond donors (Lipinski definition) is 1. The SMILES string of the molecule is CCc1ccc(S(=O)(=O)Nc2c(C)nn(Cc3cccc4ccccc34)c2C)cc1. The van der Waals surface area contributed by atoms with Crippen molar-refractivity contribution < 1.29 is 8.42 Å². The average Bonchev–Trinajstić information content (AvgIpc) is 3.01. The number of fused-ring (bicyclic) bond motifs is 1. The highest BCUT2D eigenvalue weighted by atomic mass is 32.2. The van der Waals surface area contributed by atoms with Crippen LogP contribution >= 0.6 is 0 Å². The fraction of sp³-hybridized carbons (Fsp3) is 0.208. The van der Waals surface area contributed by atoms with Crippen molar-refractivity contribution in [2.45, 2.75) is 38.6 Å². The van der Waals surface area contributed by atoms with Crippen LogP contribution in [0.4, 0.5) is 5.69 Å². The van der Waals surface area contributed by atoms with Gasteiger partial charge in [0.2, 0.25) is 0 Å². The quantitative estimate of drug-likeness (QED) is 0.475. The lowest BCUT2D eigenvalue weighted by molar-refractivity contribution is 0.601. The largest absolute Gasteiger partial charge is 0.276 e. The molecule has 4 rings (SSSR count). The van der Waals surface area contributed by atoms with Gasteiger partial charge in [0.25, 0.3) is 10.0 Å². The maximum atomic E-state index is 12.9. The van der Waals surface area contributed by atoms with Crippen molar-refractivity contribution in [3.63, 3.8) is 0 Å². The Hall–Kier alpha value is -3.12. The van der Waals surface area contributed by atoms with E-state index in [1.807, 2.05) is 55.8 Å². The summed E-state index contributed by atoms with van der Waals surface area (Å²) in [7, 11) is -3.68. The standard InChI is InChI=1S/C24H25N3O2S/c1-4-19-12-14-22(15-13-19)30(28,29)26-24-17(2)25-27(18(24)3)16-21-10-7-9-20-8-5-6-11-23(20)21/h5-15,26H,4,16H2,1-3H3. The fourth-order valence-corrected chi connectivity index (χ4v) is 4.86. The van der Waals surface area contributed by atoms with Crippen LogP contribution in [0.15, 0.2) is 71.6 Å². The highest BCUT2D eigenvalue weighted by Gasteiger charge is 2.20. The molecule has 154 valence electrons. The monoisotopic (exact) mass is 419 g/mol. The van der Waals surface area contributed by atoms with Crippen LogP contribution in [0, 0.1) is 13.8 Å². The molecular formula is C24H25N3O2S. The lowest BCUT2D eigenvalue weighted by atomic mass is 10.0. The normalized spacial score (nSPS) is 11.7. The molecular weight excluding hydrogens is 394 g/mol. The summed E-state index contributed by atoms with van der Waals surface area (Å²) in [4.78, 5) is 0.250. The second-order valence-electron chi connectivity index (χ2n) is 7.44. The number of anilines is 1. The number of rotatable bonds is 6. The van der Waals surface area contributed by atoms with E-state index in [9.17, 15) is 8.42 Å². The molecule has 0 saturated carbocycles. The Morgan fingerprint density at radius 2 is 1.63 bits per heavy atom. The molecule has 6 heteroatoms. The summed E-state index contributed by atoms with van der Waals surface area (Å²) in [5.41, 5.74) is 4.22. The Bertz CT molecular complexity index is 1300. The van der Waals surface area contributed by atoms with Gasteiger partial charge in [-0.2, -0.15) is 5.10 Å². The number of aromatic nitrogens is 2. The van der Waals surface area contributed by atoms with Crippen LogP contribution in [0.1, 0.15) is 29.4 Å². The van der Waals surface area contributed by atoms with E-state index in [4.69, 9.17) is 0 Å². The van der Waals surface area contributed by atoms with Gasteiger partial charge in [-0.15, -0.1) is 0 Å².